The number of nitrogens with zero attached hydrogens (tertiary/aromatic N) is 2. The smallest absolute Gasteiger partial charge is 0.242 e. The van der Waals surface area contributed by atoms with Crippen molar-refractivity contribution >= 4 is 26.0 Å². The summed E-state index contributed by atoms with van der Waals surface area (Å²) in [6.07, 6.45) is 2.96. The SMILES string of the molecule is CN(CCCC(=O)NC1CCCN(S(C)(=O)=O)C1)S(=O)(=O)c1ccc(F)cc1. The van der Waals surface area contributed by atoms with Crippen LogP contribution in [0.2, 0.25) is 0 Å². The van der Waals surface area contributed by atoms with Crippen molar-refractivity contribution in [3.8, 4) is 0 Å². The summed E-state index contributed by atoms with van der Waals surface area (Å²) in [5.74, 6) is -0.761. The minimum atomic E-state index is -3.74. The third-order valence-corrected chi connectivity index (χ3v) is 7.76. The summed E-state index contributed by atoms with van der Waals surface area (Å²) in [5, 5.41) is 2.82. The molecule has 1 amide bonds. The van der Waals surface area contributed by atoms with E-state index in [0.717, 1.165) is 22.7 Å². The van der Waals surface area contributed by atoms with E-state index in [9.17, 15) is 26.0 Å². The van der Waals surface area contributed by atoms with Crippen molar-refractivity contribution in [1.29, 1.82) is 0 Å². The van der Waals surface area contributed by atoms with Gasteiger partial charge >= 0.3 is 0 Å². The highest BCUT2D eigenvalue weighted by Crippen LogP contribution is 2.16. The van der Waals surface area contributed by atoms with Gasteiger partial charge in [-0.25, -0.2) is 29.8 Å². The molecule has 1 heterocycles. The number of hydrogen-bond donors (Lipinski definition) is 1. The Bertz CT molecular complexity index is 888. The molecule has 158 valence electrons. The number of rotatable bonds is 8. The van der Waals surface area contributed by atoms with Crippen molar-refractivity contribution in [2.75, 3.05) is 32.9 Å². The van der Waals surface area contributed by atoms with Crippen molar-refractivity contribution in [2.45, 2.75) is 36.6 Å². The van der Waals surface area contributed by atoms with Gasteiger partial charge < -0.3 is 5.32 Å². The first-order chi connectivity index (χ1) is 13.0. The van der Waals surface area contributed by atoms with Crippen LogP contribution in [0.1, 0.15) is 25.7 Å². The number of hydrogen-bond acceptors (Lipinski definition) is 5. The predicted octanol–water partition coefficient (Wildman–Crippen LogP) is 0.767. The molecule has 1 saturated heterocycles. The molecule has 0 aliphatic carbocycles. The number of nitrogens with one attached hydrogen (secondary N) is 1. The zero-order valence-electron chi connectivity index (χ0n) is 16.0. The molecule has 2 rings (SSSR count). The van der Waals surface area contributed by atoms with E-state index in [2.05, 4.69) is 5.32 Å². The first kappa shape index (κ1) is 22.7. The first-order valence-electron chi connectivity index (χ1n) is 8.96. The second-order valence-corrected chi connectivity index (χ2v) is 10.9. The van der Waals surface area contributed by atoms with Crippen LogP contribution >= 0.6 is 0 Å². The summed E-state index contributed by atoms with van der Waals surface area (Å²) < 4.78 is 63.5. The Labute approximate surface area is 165 Å². The van der Waals surface area contributed by atoms with Gasteiger partial charge in [0.15, 0.2) is 0 Å². The third-order valence-electron chi connectivity index (χ3n) is 4.62. The molecule has 0 radical (unpaired) electrons. The van der Waals surface area contributed by atoms with E-state index < -0.39 is 25.9 Å². The van der Waals surface area contributed by atoms with Crippen LogP contribution in [0, 0.1) is 5.82 Å². The van der Waals surface area contributed by atoms with Crippen LogP contribution in [0.4, 0.5) is 4.39 Å². The highest BCUT2D eigenvalue weighted by atomic mass is 32.2. The van der Waals surface area contributed by atoms with E-state index in [0.29, 0.717) is 25.8 Å². The zero-order valence-corrected chi connectivity index (χ0v) is 17.6. The second kappa shape index (κ2) is 9.29. The van der Waals surface area contributed by atoms with Gasteiger partial charge in [-0.3, -0.25) is 4.79 Å². The van der Waals surface area contributed by atoms with Crippen molar-refractivity contribution in [3.63, 3.8) is 0 Å². The molecule has 1 fully saturated rings. The zero-order chi connectivity index (χ0) is 20.9. The lowest BCUT2D eigenvalue weighted by atomic mass is 10.1. The number of sulfonamides is 2. The maximum absolute atomic E-state index is 13.0. The van der Waals surface area contributed by atoms with Crippen LogP contribution in [0.25, 0.3) is 0 Å². The Morgan fingerprint density at radius 3 is 2.50 bits per heavy atom. The third kappa shape index (κ3) is 6.23. The predicted molar refractivity (Wildman–Crippen MR) is 103 cm³/mol. The molecule has 28 heavy (non-hydrogen) atoms. The summed E-state index contributed by atoms with van der Waals surface area (Å²) >= 11 is 0. The minimum absolute atomic E-state index is 0.0103. The lowest BCUT2D eigenvalue weighted by Crippen LogP contribution is -2.49. The minimum Gasteiger partial charge on any atom is -0.352 e. The van der Waals surface area contributed by atoms with Gasteiger partial charge in [-0.15, -0.1) is 0 Å². The maximum atomic E-state index is 13.0. The Morgan fingerprint density at radius 1 is 1.25 bits per heavy atom. The number of carbonyl (C=O) groups is 1. The van der Waals surface area contributed by atoms with Crippen molar-refractivity contribution in [3.05, 3.63) is 30.1 Å². The van der Waals surface area contributed by atoms with Gasteiger partial charge in [-0.1, -0.05) is 0 Å². The van der Waals surface area contributed by atoms with Crippen LogP contribution in [0.15, 0.2) is 29.2 Å². The van der Waals surface area contributed by atoms with Crippen LogP contribution in [-0.4, -0.2) is 70.3 Å². The molecule has 0 aromatic heterocycles. The Hall–Kier alpha value is -1.56. The number of amides is 1. The Morgan fingerprint density at radius 2 is 1.89 bits per heavy atom. The van der Waals surface area contributed by atoms with E-state index >= 15 is 0 Å². The molecule has 1 atom stereocenters. The average Bonchev–Trinajstić information content (AvgIpc) is 2.61. The van der Waals surface area contributed by atoms with Gasteiger partial charge in [0.1, 0.15) is 5.82 Å². The summed E-state index contributed by atoms with van der Waals surface area (Å²) in [6.45, 7) is 0.841. The maximum Gasteiger partial charge on any atom is 0.242 e. The summed E-state index contributed by atoms with van der Waals surface area (Å²) in [6, 6.07) is 4.32. The van der Waals surface area contributed by atoms with E-state index in [4.69, 9.17) is 0 Å². The molecule has 0 saturated carbocycles. The monoisotopic (exact) mass is 435 g/mol. The van der Waals surface area contributed by atoms with E-state index in [1.54, 1.807) is 0 Å². The van der Waals surface area contributed by atoms with Crippen molar-refractivity contribution in [1.82, 2.24) is 13.9 Å². The quantitative estimate of drug-likeness (QED) is 0.650. The fourth-order valence-corrected chi connectivity index (χ4v) is 5.15. The lowest BCUT2D eigenvalue weighted by Gasteiger charge is -2.31. The van der Waals surface area contributed by atoms with Crippen molar-refractivity contribution in [2.24, 2.45) is 0 Å². The first-order valence-corrected chi connectivity index (χ1v) is 12.3. The van der Waals surface area contributed by atoms with Crippen molar-refractivity contribution < 1.29 is 26.0 Å². The number of piperidine rings is 1. The normalized spacial score (nSPS) is 18.9. The molecule has 1 aliphatic rings. The number of halogens is 1. The largest absolute Gasteiger partial charge is 0.352 e. The molecule has 11 heteroatoms. The molecule has 1 aliphatic heterocycles. The van der Waals surface area contributed by atoms with Gasteiger partial charge in [0.25, 0.3) is 0 Å². The van der Waals surface area contributed by atoms with Gasteiger partial charge in [0.05, 0.1) is 11.2 Å². The molecule has 0 bridgehead atoms. The van der Waals surface area contributed by atoms with E-state index in [1.807, 2.05) is 0 Å². The summed E-state index contributed by atoms with van der Waals surface area (Å²) in [5.41, 5.74) is 0. The standard InChI is InChI=1S/C17H26FN3O5S2/c1-20(28(25,26)16-9-7-14(18)8-10-16)11-4-6-17(22)19-15-5-3-12-21(13-15)27(2,23)24/h7-10,15H,3-6,11-13H2,1-2H3,(H,19,22). The van der Waals surface area contributed by atoms with Crippen LogP contribution in [0.5, 0.6) is 0 Å². The molecule has 1 aromatic carbocycles. The molecular formula is C17H26FN3O5S2. The molecule has 8 nitrogen and oxygen atoms in total. The van der Waals surface area contributed by atoms with E-state index in [1.165, 1.54) is 23.5 Å². The number of benzene rings is 1. The van der Waals surface area contributed by atoms with Gasteiger partial charge in [-0.05, 0) is 43.5 Å². The highest BCUT2D eigenvalue weighted by molar-refractivity contribution is 7.89. The number of carbonyl (C=O) groups excluding carboxylic acids is 1. The summed E-state index contributed by atoms with van der Waals surface area (Å²) in [7, 11) is -5.62. The average molecular weight is 436 g/mol. The Kier molecular flexibility index (Phi) is 7.54. The summed E-state index contributed by atoms with van der Waals surface area (Å²) in [4.78, 5) is 12.1. The van der Waals surface area contributed by atoms with Gasteiger partial charge in [-0.2, -0.15) is 0 Å². The van der Waals surface area contributed by atoms with Gasteiger partial charge in [0, 0.05) is 39.1 Å². The highest BCUT2D eigenvalue weighted by Gasteiger charge is 2.27. The van der Waals surface area contributed by atoms with Crippen LogP contribution in [0.3, 0.4) is 0 Å². The molecule has 0 spiro atoms. The molecular weight excluding hydrogens is 409 g/mol. The topological polar surface area (TPSA) is 104 Å². The fraction of sp³-hybridized carbons (Fsp3) is 0.588. The second-order valence-electron chi connectivity index (χ2n) is 6.91. The van der Waals surface area contributed by atoms with Crippen LogP contribution in [-0.2, 0) is 24.8 Å². The molecule has 1 N–H and O–H groups in total. The fourth-order valence-electron chi connectivity index (χ4n) is 3.03. The Balaban J connectivity index is 1.80. The molecule has 1 aromatic rings. The molecule has 1 unspecified atom stereocenters. The van der Waals surface area contributed by atoms with Crippen LogP contribution < -0.4 is 5.32 Å². The van der Waals surface area contributed by atoms with E-state index in [-0.39, 0.29) is 36.4 Å². The lowest BCUT2D eigenvalue weighted by molar-refractivity contribution is -0.122. The van der Waals surface area contributed by atoms with Gasteiger partial charge in [0.2, 0.25) is 26.0 Å².